The average molecular weight is 876 g/mol. The van der Waals surface area contributed by atoms with Crippen molar-refractivity contribution in [3.05, 3.63) is 63.6 Å². The van der Waals surface area contributed by atoms with E-state index in [-0.39, 0.29) is 59.5 Å². The SMILES string of the molecule is CC(=O)O[C@H]1CC(CCC(=O)[C@@H](NC(=O)COCCCCC#Cc2ccc(C(=O)N[C@H]3C(C)(C)[C@H](Oc4ccc(C#N)c(Br)c4)C3(C)C)cc2)C(C)(C)C)[C@@H](C(N)=O)C1. The second-order valence-corrected chi connectivity index (χ2v) is 18.9. The summed E-state index contributed by atoms with van der Waals surface area (Å²) in [4.78, 5) is 62.8. The molecule has 4 rings (SSSR count). The highest BCUT2D eigenvalue weighted by atomic mass is 79.9. The molecule has 0 radical (unpaired) electrons. The van der Waals surface area contributed by atoms with Crippen molar-refractivity contribution in [3.63, 3.8) is 0 Å². The highest BCUT2D eigenvalue weighted by Crippen LogP contribution is 2.55. The first-order valence-electron chi connectivity index (χ1n) is 20.3. The summed E-state index contributed by atoms with van der Waals surface area (Å²) >= 11 is 3.43. The van der Waals surface area contributed by atoms with Crippen LogP contribution in [0.2, 0.25) is 0 Å². The Labute approximate surface area is 357 Å². The minimum atomic E-state index is -0.741. The highest BCUT2D eigenvalue weighted by Gasteiger charge is 2.64. The van der Waals surface area contributed by atoms with Gasteiger partial charge in [0.05, 0.1) is 11.6 Å². The van der Waals surface area contributed by atoms with Crippen LogP contribution >= 0.6 is 15.9 Å². The molecule has 12 nitrogen and oxygen atoms in total. The van der Waals surface area contributed by atoms with E-state index < -0.39 is 35.4 Å². The molecule has 2 aromatic carbocycles. The van der Waals surface area contributed by atoms with Gasteiger partial charge in [-0.05, 0) is 102 Å². The number of ether oxygens (including phenoxy) is 3. The number of carbonyl (C=O) groups excluding carboxylic acids is 5. The molecule has 0 saturated heterocycles. The molecule has 4 N–H and O–H groups in total. The lowest BCUT2D eigenvalue weighted by Crippen LogP contribution is -2.74. The number of nitriles is 1. The normalized spacial score (nSPS) is 22.0. The predicted molar refractivity (Wildman–Crippen MR) is 227 cm³/mol. The molecule has 0 heterocycles. The van der Waals surface area contributed by atoms with Gasteiger partial charge in [0.25, 0.3) is 5.91 Å². The van der Waals surface area contributed by atoms with Gasteiger partial charge in [-0.1, -0.05) is 60.3 Å². The van der Waals surface area contributed by atoms with Crippen LogP contribution in [0.1, 0.15) is 122 Å². The third kappa shape index (κ3) is 12.4. The number of nitrogens with two attached hydrogens (primary N) is 1. The summed E-state index contributed by atoms with van der Waals surface area (Å²) in [5.74, 6) is 4.75. The standard InChI is InChI=1S/C46H59BrN4O8/c1-28(52)58-34-23-31(35(24-34)40(49)55)19-21-37(53)39(44(2,3)4)50-38(54)27-57-22-12-10-9-11-13-29-14-16-30(17-15-29)41(56)51-42-45(5,6)43(46(42,7)8)59-33-20-18-32(26-48)36(47)25-33/h14-18,20,25,31,34-35,39,42-43H,9-10,12,19,21-24,27H2,1-8H3,(H2,49,55)(H,50,54)(H,51,56)/t31?,34-,35-,39+,42-,43-/m0/s1. The second-order valence-electron chi connectivity index (χ2n) is 18.0. The third-order valence-electron chi connectivity index (χ3n) is 11.5. The van der Waals surface area contributed by atoms with E-state index in [9.17, 15) is 29.2 Å². The van der Waals surface area contributed by atoms with Crippen LogP contribution in [-0.2, 0) is 28.7 Å². The zero-order valence-electron chi connectivity index (χ0n) is 35.5. The lowest BCUT2D eigenvalue weighted by Gasteiger charge is -2.63. The molecule has 2 fully saturated rings. The molecule has 59 heavy (non-hydrogen) atoms. The molecule has 1 unspecified atom stereocenters. The Morgan fingerprint density at radius 3 is 2.27 bits per heavy atom. The lowest BCUT2D eigenvalue weighted by atomic mass is 9.49. The van der Waals surface area contributed by atoms with Gasteiger partial charge in [-0.15, -0.1) is 0 Å². The van der Waals surface area contributed by atoms with Gasteiger partial charge in [-0.25, -0.2) is 0 Å². The van der Waals surface area contributed by atoms with Crippen molar-refractivity contribution in [2.24, 2.45) is 33.8 Å². The molecular weight excluding hydrogens is 816 g/mol. The summed E-state index contributed by atoms with van der Waals surface area (Å²) in [6.45, 7) is 15.5. The van der Waals surface area contributed by atoms with Crippen LogP contribution in [0.4, 0.5) is 0 Å². The van der Waals surface area contributed by atoms with E-state index in [0.717, 1.165) is 12.0 Å². The molecule has 4 atom stereocenters. The van der Waals surface area contributed by atoms with Crippen molar-refractivity contribution in [3.8, 4) is 23.7 Å². The van der Waals surface area contributed by atoms with Crippen LogP contribution in [0.25, 0.3) is 0 Å². The first-order chi connectivity index (χ1) is 27.6. The fourth-order valence-electron chi connectivity index (χ4n) is 8.79. The Hall–Kier alpha value is -4.72. The van der Waals surface area contributed by atoms with E-state index in [1.54, 1.807) is 30.3 Å². The van der Waals surface area contributed by atoms with Crippen LogP contribution in [0.15, 0.2) is 46.9 Å². The predicted octanol–water partition coefficient (Wildman–Crippen LogP) is 6.79. The number of hydrogen-bond acceptors (Lipinski definition) is 9. The van der Waals surface area contributed by atoms with Crippen molar-refractivity contribution in [1.29, 1.82) is 5.26 Å². The van der Waals surface area contributed by atoms with E-state index in [2.05, 4.69) is 72.2 Å². The molecule has 0 aromatic heterocycles. The highest BCUT2D eigenvalue weighted by molar-refractivity contribution is 9.10. The molecule has 2 saturated carbocycles. The first kappa shape index (κ1) is 47.0. The first-order valence-corrected chi connectivity index (χ1v) is 21.1. The van der Waals surface area contributed by atoms with Crippen molar-refractivity contribution in [2.75, 3.05) is 13.2 Å². The van der Waals surface area contributed by atoms with Gasteiger partial charge in [0.15, 0.2) is 5.78 Å². The van der Waals surface area contributed by atoms with E-state index in [1.807, 2.05) is 32.9 Å². The van der Waals surface area contributed by atoms with Crippen LogP contribution in [0.5, 0.6) is 5.75 Å². The van der Waals surface area contributed by atoms with Crippen molar-refractivity contribution in [2.45, 2.75) is 125 Å². The van der Waals surface area contributed by atoms with Crippen LogP contribution in [0.3, 0.4) is 0 Å². The number of Topliss-reactive ketones (excluding diaryl/α,β-unsaturated/α-hetero) is 1. The van der Waals surface area contributed by atoms with E-state index in [1.165, 1.54) is 6.92 Å². The van der Waals surface area contributed by atoms with Crippen LogP contribution in [0, 0.1) is 51.3 Å². The molecular formula is C46H59BrN4O8. The number of halogens is 1. The van der Waals surface area contributed by atoms with E-state index >= 15 is 0 Å². The van der Waals surface area contributed by atoms with E-state index in [0.29, 0.717) is 60.1 Å². The summed E-state index contributed by atoms with van der Waals surface area (Å²) in [6.07, 6.45) is 2.92. The van der Waals surface area contributed by atoms with Crippen molar-refractivity contribution >= 4 is 45.4 Å². The number of hydrogen-bond donors (Lipinski definition) is 3. The number of esters is 1. The summed E-state index contributed by atoms with van der Waals surface area (Å²) in [5, 5.41) is 15.3. The summed E-state index contributed by atoms with van der Waals surface area (Å²) in [5.41, 5.74) is 6.22. The molecule has 2 aliphatic rings. The number of rotatable bonds is 17. The number of ketones is 1. The largest absolute Gasteiger partial charge is 0.489 e. The van der Waals surface area contributed by atoms with Crippen molar-refractivity contribution in [1.82, 2.24) is 10.6 Å². The molecule has 0 bridgehead atoms. The quantitative estimate of drug-likeness (QED) is 0.0874. The zero-order chi connectivity index (χ0) is 43.7. The zero-order valence-corrected chi connectivity index (χ0v) is 37.1. The van der Waals surface area contributed by atoms with Crippen molar-refractivity contribution < 1.29 is 38.2 Å². The third-order valence-corrected chi connectivity index (χ3v) is 12.1. The Balaban J connectivity index is 1.15. The van der Waals surface area contributed by atoms with Gasteiger partial charge >= 0.3 is 5.97 Å². The fourth-order valence-corrected chi connectivity index (χ4v) is 9.24. The smallest absolute Gasteiger partial charge is 0.302 e. The number of amides is 3. The molecule has 2 aromatic rings. The number of unbranched alkanes of at least 4 members (excludes halogenated alkanes) is 2. The number of primary amides is 1. The Morgan fingerprint density at radius 2 is 1.68 bits per heavy atom. The van der Waals surface area contributed by atoms with Gasteiger partial charge in [-0.3, -0.25) is 24.0 Å². The monoisotopic (exact) mass is 874 g/mol. The van der Waals surface area contributed by atoms with Gasteiger partial charge in [0, 0.05) is 64.8 Å². The van der Waals surface area contributed by atoms with Gasteiger partial charge in [-0.2, -0.15) is 5.26 Å². The summed E-state index contributed by atoms with van der Waals surface area (Å²) in [7, 11) is 0. The number of nitrogens with one attached hydrogen (secondary N) is 2. The number of carbonyl (C=O) groups is 5. The fraction of sp³-hybridized carbons (Fsp3) is 0.565. The van der Waals surface area contributed by atoms with E-state index in [4.69, 9.17) is 19.9 Å². The maximum Gasteiger partial charge on any atom is 0.302 e. The maximum atomic E-state index is 13.3. The topological polar surface area (TPSA) is 187 Å². The molecule has 0 aliphatic heterocycles. The molecule has 2 aliphatic carbocycles. The lowest BCUT2D eigenvalue weighted by molar-refractivity contribution is -0.164. The Kier molecular flexibility index (Phi) is 15.9. The molecule has 318 valence electrons. The van der Waals surface area contributed by atoms with Gasteiger partial charge in [0.1, 0.15) is 30.6 Å². The van der Waals surface area contributed by atoms with Gasteiger partial charge in [0.2, 0.25) is 11.8 Å². The Morgan fingerprint density at radius 1 is 1.00 bits per heavy atom. The van der Waals surface area contributed by atoms with Crippen LogP contribution in [-0.4, -0.2) is 67.0 Å². The minimum absolute atomic E-state index is 0.139. The average Bonchev–Trinajstić information content (AvgIpc) is 3.56. The number of nitrogens with zero attached hydrogens (tertiary/aromatic N) is 1. The molecule has 13 heteroatoms. The minimum Gasteiger partial charge on any atom is -0.489 e. The molecule has 0 spiro atoms. The summed E-state index contributed by atoms with van der Waals surface area (Å²) < 4.78 is 18.0. The maximum absolute atomic E-state index is 13.3. The number of benzene rings is 2. The molecule has 3 amide bonds. The summed E-state index contributed by atoms with van der Waals surface area (Å²) in [6, 6.07) is 13.8. The van der Waals surface area contributed by atoms with Crippen LogP contribution < -0.4 is 21.1 Å². The van der Waals surface area contributed by atoms with Gasteiger partial charge < -0.3 is 30.6 Å². The second kappa shape index (κ2) is 20.0. The Bertz CT molecular complexity index is 1950.